The Kier molecular flexibility index (Phi) is 8.36. The van der Waals surface area contributed by atoms with Crippen molar-refractivity contribution in [1.82, 2.24) is 9.71 Å². The van der Waals surface area contributed by atoms with E-state index in [1.54, 1.807) is 26.8 Å². The van der Waals surface area contributed by atoms with Gasteiger partial charge in [-0.05, 0) is 61.7 Å². The fraction of sp³-hybridized carbons (Fsp3) is 0.250. The summed E-state index contributed by atoms with van der Waals surface area (Å²) in [6.45, 7) is 4.97. The molecule has 6 nitrogen and oxygen atoms in total. The number of aromatic nitrogens is 1. The first-order valence-electron chi connectivity index (χ1n) is 10.5. The average molecular weight is 509 g/mol. The van der Waals surface area contributed by atoms with Gasteiger partial charge in [0, 0.05) is 35.9 Å². The highest BCUT2D eigenvalue weighted by molar-refractivity contribution is 7.98. The van der Waals surface area contributed by atoms with Crippen molar-refractivity contribution < 1.29 is 27.5 Å². The van der Waals surface area contributed by atoms with Crippen molar-refractivity contribution in [1.29, 1.82) is 0 Å². The SMILES string of the molecule is Cc1ccc(Nc2c(C=O)cc(Cc3ccnc(NSNC(C)(C)CO)c3F)c(F)c2F)c(F)c1. The number of aliphatic hydroxyl groups excluding tert-OH is 1. The number of rotatable bonds is 10. The number of hydrogen-bond donors (Lipinski definition) is 4. The average Bonchev–Trinajstić information content (AvgIpc) is 2.82. The topological polar surface area (TPSA) is 86.3 Å². The standard InChI is InChI=1S/C24H24F4N4O2S/c1-13-4-5-18(17(25)8-13)30-22-16(11-33)10-15(19(26)21(22)28)9-14-6-7-29-23(20(14)27)31-35-32-24(2,3)12-34/h4-8,10-11,30,32,34H,9,12H2,1-3H3,(H,29,31). The third-order valence-corrected chi connectivity index (χ3v) is 5.99. The van der Waals surface area contributed by atoms with Gasteiger partial charge in [-0.15, -0.1) is 0 Å². The van der Waals surface area contributed by atoms with Gasteiger partial charge in [0.2, 0.25) is 0 Å². The number of nitrogens with one attached hydrogen (secondary N) is 3. The fourth-order valence-electron chi connectivity index (χ4n) is 3.05. The number of carbonyl (C=O) groups excluding carboxylic acids is 1. The summed E-state index contributed by atoms with van der Waals surface area (Å²) < 4.78 is 64.6. The van der Waals surface area contributed by atoms with Crippen LogP contribution in [0.1, 0.15) is 40.9 Å². The molecule has 0 atom stereocenters. The Bertz CT molecular complexity index is 1240. The van der Waals surface area contributed by atoms with Crippen LogP contribution >= 0.6 is 12.1 Å². The first-order valence-corrected chi connectivity index (χ1v) is 11.3. The van der Waals surface area contributed by atoms with Crippen LogP contribution in [-0.2, 0) is 6.42 Å². The largest absolute Gasteiger partial charge is 0.394 e. The van der Waals surface area contributed by atoms with Gasteiger partial charge >= 0.3 is 0 Å². The minimum Gasteiger partial charge on any atom is -0.394 e. The van der Waals surface area contributed by atoms with Gasteiger partial charge in [-0.2, -0.15) is 0 Å². The lowest BCUT2D eigenvalue weighted by Crippen LogP contribution is -2.38. The molecule has 1 aromatic heterocycles. The highest BCUT2D eigenvalue weighted by Gasteiger charge is 2.22. The molecule has 0 aliphatic rings. The van der Waals surface area contributed by atoms with E-state index < -0.39 is 34.5 Å². The zero-order valence-corrected chi connectivity index (χ0v) is 20.0. The molecule has 1 heterocycles. The normalized spacial score (nSPS) is 11.4. The van der Waals surface area contributed by atoms with Crippen LogP contribution in [0.2, 0.25) is 0 Å². The number of aryl methyl sites for hydroxylation is 1. The summed E-state index contributed by atoms with van der Waals surface area (Å²) in [6, 6.07) is 6.53. The molecular formula is C24H24F4N4O2S. The van der Waals surface area contributed by atoms with Gasteiger partial charge in [-0.1, -0.05) is 6.07 Å². The predicted molar refractivity (Wildman–Crippen MR) is 129 cm³/mol. The number of aliphatic hydroxyl groups is 1. The molecular weight excluding hydrogens is 484 g/mol. The molecule has 0 aliphatic carbocycles. The molecule has 2 aromatic carbocycles. The molecule has 3 rings (SSSR count). The fourth-order valence-corrected chi connectivity index (χ4v) is 3.68. The van der Waals surface area contributed by atoms with Gasteiger partial charge in [0.15, 0.2) is 29.6 Å². The third kappa shape index (κ3) is 6.30. The van der Waals surface area contributed by atoms with Crippen LogP contribution in [0, 0.1) is 30.2 Å². The first kappa shape index (κ1) is 26.5. The molecule has 11 heteroatoms. The molecule has 186 valence electrons. The van der Waals surface area contributed by atoms with Gasteiger partial charge in [0.1, 0.15) is 5.82 Å². The summed E-state index contributed by atoms with van der Waals surface area (Å²) in [5.74, 6) is -4.32. The zero-order chi connectivity index (χ0) is 25.8. The second kappa shape index (κ2) is 11.1. The van der Waals surface area contributed by atoms with Crippen LogP contribution in [0.25, 0.3) is 0 Å². The smallest absolute Gasteiger partial charge is 0.183 e. The Morgan fingerprint density at radius 3 is 2.46 bits per heavy atom. The second-order valence-corrected chi connectivity index (χ2v) is 9.12. The first-order chi connectivity index (χ1) is 16.6. The van der Waals surface area contributed by atoms with E-state index in [0.717, 1.165) is 18.2 Å². The van der Waals surface area contributed by atoms with Crippen LogP contribution in [0.4, 0.5) is 34.8 Å². The lowest BCUT2D eigenvalue weighted by molar-refractivity contribution is 0.112. The van der Waals surface area contributed by atoms with Gasteiger partial charge in [0.05, 0.1) is 18.0 Å². The molecule has 0 saturated carbocycles. The van der Waals surface area contributed by atoms with E-state index >= 15 is 0 Å². The van der Waals surface area contributed by atoms with Crippen molar-refractivity contribution in [2.75, 3.05) is 16.6 Å². The number of carbonyl (C=O) groups is 1. The number of benzene rings is 2. The van der Waals surface area contributed by atoms with Crippen molar-refractivity contribution in [2.45, 2.75) is 32.7 Å². The van der Waals surface area contributed by atoms with E-state index in [1.165, 1.54) is 24.4 Å². The number of nitrogens with zero attached hydrogens (tertiary/aromatic N) is 1. The maximum atomic E-state index is 15.0. The molecule has 0 radical (unpaired) electrons. The van der Waals surface area contributed by atoms with Crippen molar-refractivity contribution in [3.8, 4) is 0 Å². The van der Waals surface area contributed by atoms with E-state index in [0.29, 0.717) is 11.8 Å². The molecule has 0 spiro atoms. The van der Waals surface area contributed by atoms with Gasteiger partial charge in [0.25, 0.3) is 0 Å². The van der Waals surface area contributed by atoms with Crippen LogP contribution in [-0.4, -0.2) is 28.5 Å². The second-order valence-electron chi connectivity index (χ2n) is 8.51. The van der Waals surface area contributed by atoms with Gasteiger partial charge < -0.3 is 10.4 Å². The van der Waals surface area contributed by atoms with E-state index in [4.69, 9.17) is 0 Å². The van der Waals surface area contributed by atoms with Crippen LogP contribution < -0.4 is 14.8 Å². The minimum absolute atomic E-state index is 0.00459. The highest BCUT2D eigenvalue weighted by atomic mass is 32.2. The summed E-state index contributed by atoms with van der Waals surface area (Å²) in [7, 11) is 0. The van der Waals surface area contributed by atoms with Crippen LogP contribution in [0.5, 0.6) is 0 Å². The summed E-state index contributed by atoms with van der Waals surface area (Å²) in [6.07, 6.45) is 1.23. The molecule has 0 saturated heterocycles. The molecule has 4 N–H and O–H groups in total. The lowest BCUT2D eigenvalue weighted by atomic mass is 10.0. The van der Waals surface area contributed by atoms with Crippen LogP contribution in [0.3, 0.4) is 0 Å². The number of hydrogen-bond acceptors (Lipinski definition) is 7. The van der Waals surface area contributed by atoms with E-state index in [2.05, 4.69) is 19.7 Å². The Morgan fingerprint density at radius 1 is 1.06 bits per heavy atom. The van der Waals surface area contributed by atoms with Crippen LogP contribution in [0.15, 0.2) is 36.5 Å². The summed E-state index contributed by atoms with van der Waals surface area (Å²) in [5.41, 5.74) is -1.17. The maximum Gasteiger partial charge on any atom is 0.183 e. The number of halogens is 4. The third-order valence-electron chi connectivity index (χ3n) is 5.04. The van der Waals surface area contributed by atoms with E-state index in [9.17, 15) is 27.5 Å². The Hall–Kier alpha value is -3.15. The Morgan fingerprint density at radius 2 is 1.80 bits per heavy atom. The van der Waals surface area contributed by atoms with E-state index in [1.807, 2.05) is 0 Å². The maximum absolute atomic E-state index is 15.0. The van der Waals surface area contributed by atoms with E-state index in [-0.39, 0.29) is 41.2 Å². The summed E-state index contributed by atoms with van der Waals surface area (Å²) in [4.78, 5) is 15.5. The quantitative estimate of drug-likeness (QED) is 0.165. The lowest BCUT2D eigenvalue weighted by Gasteiger charge is -2.22. The van der Waals surface area contributed by atoms with Gasteiger partial charge in [-0.3, -0.25) is 9.52 Å². The van der Waals surface area contributed by atoms with Crippen molar-refractivity contribution in [3.63, 3.8) is 0 Å². The summed E-state index contributed by atoms with van der Waals surface area (Å²) in [5, 5.41) is 11.7. The van der Waals surface area contributed by atoms with Crippen molar-refractivity contribution >= 4 is 35.6 Å². The van der Waals surface area contributed by atoms with Gasteiger partial charge in [-0.25, -0.2) is 27.3 Å². The minimum atomic E-state index is -1.39. The number of aldehydes is 1. The van der Waals surface area contributed by atoms with Crippen molar-refractivity contribution in [2.24, 2.45) is 0 Å². The number of anilines is 3. The monoisotopic (exact) mass is 508 g/mol. The predicted octanol–water partition coefficient (Wildman–Crippen LogP) is 5.43. The summed E-state index contributed by atoms with van der Waals surface area (Å²) >= 11 is 0.902. The molecule has 0 amide bonds. The Balaban J connectivity index is 1.87. The number of pyridine rings is 1. The highest BCUT2D eigenvalue weighted by Crippen LogP contribution is 2.31. The molecule has 0 bridgehead atoms. The Labute approximate surface area is 204 Å². The molecule has 0 fully saturated rings. The van der Waals surface area contributed by atoms with Crippen molar-refractivity contribution in [3.05, 3.63) is 82.1 Å². The zero-order valence-electron chi connectivity index (χ0n) is 19.2. The molecule has 3 aromatic rings. The molecule has 0 unspecified atom stereocenters. The molecule has 0 aliphatic heterocycles. The molecule has 35 heavy (non-hydrogen) atoms.